The first-order valence-corrected chi connectivity index (χ1v) is 9.99. The van der Waals surface area contributed by atoms with Crippen molar-refractivity contribution in [2.45, 2.75) is 45.4 Å². The smallest absolute Gasteiger partial charge is 0.410 e. The second-order valence-corrected chi connectivity index (χ2v) is 8.43. The fourth-order valence-corrected chi connectivity index (χ4v) is 3.61. The van der Waals surface area contributed by atoms with E-state index in [2.05, 4.69) is 4.90 Å². The fourth-order valence-electron chi connectivity index (χ4n) is 3.61. The molecule has 0 N–H and O–H groups in total. The molecule has 3 rings (SSSR count). The van der Waals surface area contributed by atoms with Gasteiger partial charge in [-0.1, -0.05) is 30.3 Å². The summed E-state index contributed by atoms with van der Waals surface area (Å²) in [5.74, 6) is 0. The van der Waals surface area contributed by atoms with E-state index in [-0.39, 0.29) is 12.2 Å². The van der Waals surface area contributed by atoms with Crippen molar-refractivity contribution in [3.05, 3.63) is 35.9 Å². The van der Waals surface area contributed by atoms with Gasteiger partial charge in [-0.05, 0) is 32.8 Å². The van der Waals surface area contributed by atoms with Crippen molar-refractivity contribution < 1.29 is 19.1 Å². The molecule has 154 valence electrons. The highest BCUT2D eigenvalue weighted by atomic mass is 16.6. The van der Waals surface area contributed by atoms with Gasteiger partial charge in [0.2, 0.25) is 0 Å². The topological polar surface area (TPSA) is 62.3 Å². The van der Waals surface area contributed by atoms with E-state index in [4.69, 9.17) is 9.47 Å². The van der Waals surface area contributed by atoms with Crippen LogP contribution in [0.5, 0.6) is 0 Å². The molecule has 2 aliphatic heterocycles. The van der Waals surface area contributed by atoms with Crippen molar-refractivity contribution >= 4 is 12.2 Å². The van der Waals surface area contributed by atoms with Crippen LogP contribution in [0.15, 0.2) is 30.3 Å². The molecule has 7 nitrogen and oxygen atoms in total. The van der Waals surface area contributed by atoms with Crippen LogP contribution in [-0.4, -0.2) is 77.8 Å². The number of piperazine rings is 1. The molecular formula is C21H31N3O4. The molecule has 0 aliphatic carbocycles. The summed E-state index contributed by atoms with van der Waals surface area (Å²) < 4.78 is 10.9. The number of hydrogen-bond acceptors (Lipinski definition) is 5. The zero-order valence-corrected chi connectivity index (χ0v) is 17.1. The van der Waals surface area contributed by atoms with Gasteiger partial charge >= 0.3 is 12.2 Å². The van der Waals surface area contributed by atoms with E-state index in [0.29, 0.717) is 38.8 Å². The highest BCUT2D eigenvalue weighted by Gasteiger charge is 2.34. The Bertz CT molecular complexity index is 666. The molecule has 0 aromatic heterocycles. The minimum Gasteiger partial charge on any atom is -0.445 e. The first kappa shape index (κ1) is 20.5. The minimum atomic E-state index is -0.472. The molecule has 2 heterocycles. The third-order valence-corrected chi connectivity index (χ3v) is 5.11. The van der Waals surface area contributed by atoms with E-state index in [1.807, 2.05) is 51.1 Å². The number of benzene rings is 1. The van der Waals surface area contributed by atoms with Crippen LogP contribution >= 0.6 is 0 Å². The van der Waals surface area contributed by atoms with Crippen molar-refractivity contribution in [2.75, 3.05) is 39.3 Å². The van der Waals surface area contributed by atoms with Crippen molar-refractivity contribution in [1.29, 1.82) is 0 Å². The molecule has 0 radical (unpaired) electrons. The van der Waals surface area contributed by atoms with Gasteiger partial charge in [-0.3, -0.25) is 4.90 Å². The maximum absolute atomic E-state index is 12.3. The Morgan fingerprint density at radius 1 is 0.964 bits per heavy atom. The van der Waals surface area contributed by atoms with Crippen molar-refractivity contribution in [3.8, 4) is 0 Å². The Labute approximate surface area is 167 Å². The molecular weight excluding hydrogens is 358 g/mol. The van der Waals surface area contributed by atoms with Crippen LogP contribution in [0.1, 0.15) is 32.8 Å². The van der Waals surface area contributed by atoms with Crippen LogP contribution in [0.25, 0.3) is 0 Å². The van der Waals surface area contributed by atoms with Gasteiger partial charge in [0.15, 0.2) is 0 Å². The van der Waals surface area contributed by atoms with Gasteiger partial charge in [-0.15, -0.1) is 0 Å². The van der Waals surface area contributed by atoms with E-state index in [1.165, 1.54) is 0 Å². The maximum atomic E-state index is 12.3. The Hall–Kier alpha value is -2.28. The number of nitrogens with zero attached hydrogens (tertiary/aromatic N) is 3. The summed E-state index contributed by atoms with van der Waals surface area (Å²) in [7, 11) is 0. The lowest BCUT2D eigenvalue weighted by atomic mass is 10.2. The third kappa shape index (κ3) is 5.61. The minimum absolute atomic E-state index is 0.246. The van der Waals surface area contributed by atoms with Gasteiger partial charge in [0.05, 0.1) is 0 Å². The Balaban J connectivity index is 1.41. The van der Waals surface area contributed by atoms with E-state index in [9.17, 15) is 9.59 Å². The second-order valence-electron chi connectivity index (χ2n) is 8.43. The van der Waals surface area contributed by atoms with Crippen LogP contribution in [0.4, 0.5) is 9.59 Å². The van der Waals surface area contributed by atoms with Gasteiger partial charge in [0.25, 0.3) is 0 Å². The average molecular weight is 389 g/mol. The Morgan fingerprint density at radius 3 is 2.29 bits per heavy atom. The molecule has 0 unspecified atom stereocenters. The number of carbonyl (C=O) groups excluding carboxylic acids is 2. The SMILES string of the molecule is CC(C)(C)OC(=O)N1CCN([C@H]2CCN(C(=O)OCc3ccccc3)C2)CC1. The predicted octanol–water partition coefficient (Wildman–Crippen LogP) is 2.95. The molecule has 1 aromatic carbocycles. The van der Waals surface area contributed by atoms with Gasteiger partial charge in [-0.2, -0.15) is 0 Å². The number of carbonyl (C=O) groups is 2. The van der Waals surface area contributed by atoms with E-state index < -0.39 is 5.60 Å². The fraction of sp³-hybridized carbons (Fsp3) is 0.619. The van der Waals surface area contributed by atoms with Gasteiger partial charge in [0, 0.05) is 45.3 Å². The molecule has 2 amide bonds. The number of rotatable bonds is 3. The van der Waals surface area contributed by atoms with Gasteiger partial charge in [-0.25, -0.2) is 9.59 Å². The summed E-state index contributed by atoms with van der Waals surface area (Å²) >= 11 is 0. The summed E-state index contributed by atoms with van der Waals surface area (Å²) in [6.45, 7) is 10.3. The predicted molar refractivity (Wildman–Crippen MR) is 106 cm³/mol. The van der Waals surface area contributed by atoms with Gasteiger partial charge in [0.1, 0.15) is 12.2 Å². The number of likely N-dealkylation sites (tertiary alicyclic amines) is 1. The second kappa shape index (κ2) is 8.82. The lowest BCUT2D eigenvalue weighted by molar-refractivity contribution is 0.0107. The monoisotopic (exact) mass is 389 g/mol. The Morgan fingerprint density at radius 2 is 1.64 bits per heavy atom. The standard InChI is InChI=1S/C21H31N3O4/c1-21(2,3)28-20(26)23-13-11-22(12-14-23)18-9-10-24(15-18)19(25)27-16-17-7-5-4-6-8-17/h4-8,18H,9-16H2,1-3H3/t18-/m0/s1. The van der Waals surface area contributed by atoms with Crippen LogP contribution in [0, 0.1) is 0 Å². The molecule has 7 heteroatoms. The summed E-state index contributed by atoms with van der Waals surface area (Å²) in [4.78, 5) is 30.4. The molecule has 1 atom stereocenters. The number of hydrogen-bond donors (Lipinski definition) is 0. The molecule has 2 fully saturated rings. The largest absolute Gasteiger partial charge is 0.445 e. The molecule has 2 saturated heterocycles. The molecule has 1 aromatic rings. The maximum Gasteiger partial charge on any atom is 0.410 e. The molecule has 28 heavy (non-hydrogen) atoms. The first-order chi connectivity index (χ1) is 13.3. The lowest BCUT2D eigenvalue weighted by Gasteiger charge is -2.38. The summed E-state index contributed by atoms with van der Waals surface area (Å²) in [6.07, 6.45) is 0.441. The number of ether oxygens (including phenoxy) is 2. The van der Waals surface area contributed by atoms with Gasteiger partial charge < -0.3 is 19.3 Å². The molecule has 0 spiro atoms. The summed E-state index contributed by atoms with van der Waals surface area (Å²) in [5, 5.41) is 0. The van der Waals surface area contributed by atoms with Crippen LogP contribution in [0.3, 0.4) is 0 Å². The summed E-state index contributed by atoms with van der Waals surface area (Å²) in [5.41, 5.74) is 0.519. The van der Waals surface area contributed by atoms with Crippen molar-refractivity contribution in [2.24, 2.45) is 0 Å². The van der Waals surface area contributed by atoms with Crippen LogP contribution in [0.2, 0.25) is 0 Å². The quantitative estimate of drug-likeness (QED) is 0.795. The van der Waals surface area contributed by atoms with Crippen LogP contribution < -0.4 is 0 Å². The molecule has 0 bridgehead atoms. The van der Waals surface area contributed by atoms with Crippen molar-refractivity contribution in [3.63, 3.8) is 0 Å². The highest BCUT2D eigenvalue weighted by Crippen LogP contribution is 2.20. The average Bonchev–Trinajstić information content (AvgIpc) is 3.16. The lowest BCUT2D eigenvalue weighted by Crippen LogP contribution is -2.53. The van der Waals surface area contributed by atoms with E-state index in [0.717, 1.165) is 25.1 Å². The van der Waals surface area contributed by atoms with Crippen molar-refractivity contribution in [1.82, 2.24) is 14.7 Å². The zero-order valence-electron chi connectivity index (χ0n) is 17.1. The highest BCUT2D eigenvalue weighted by molar-refractivity contribution is 5.68. The summed E-state index contributed by atoms with van der Waals surface area (Å²) in [6, 6.07) is 10.0. The number of amides is 2. The molecule has 0 saturated carbocycles. The van der Waals surface area contributed by atoms with E-state index >= 15 is 0 Å². The normalized spacial score (nSPS) is 20.9. The Kier molecular flexibility index (Phi) is 6.44. The molecule has 2 aliphatic rings. The van der Waals surface area contributed by atoms with E-state index in [1.54, 1.807) is 9.80 Å². The van der Waals surface area contributed by atoms with Crippen LogP contribution in [-0.2, 0) is 16.1 Å². The third-order valence-electron chi connectivity index (χ3n) is 5.11. The zero-order chi connectivity index (χ0) is 20.1. The first-order valence-electron chi connectivity index (χ1n) is 9.99.